The number of benzene rings is 1. The van der Waals surface area contributed by atoms with E-state index < -0.39 is 6.17 Å². The van der Waals surface area contributed by atoms with Crippen LogP contribution < -0.4 is 14.8 Å². The van der Waals surface area contributed by atoms with Crippen molar-refractivity contribution in [2.45, 2.75) is 44.7 Å². The number of methoxy groups -OCH3 is 1. The van der Waals surface area contributed by atoms with E-state index in [2.05, 4.69) is 10.2 Å². The Morgan fingerprint density at radius 1 is 1.25 bits per heavy atom. The van der Waals surface area contributed by atoms with Crippen LogP contribution in [0.2, 0.25) is 0 Å². The quantitative estimate of drug-likeness (QED) is 0.729. The van der Waals surface area contributed by atoms with E-state index in [-0.39, 0.29) is 0 Å². The van der Waals surface area contributed by atoms with Gasteiger partial charge in [-0.1, -0.05) is 0 Å². The van der Waals surface area contributed by atoms with E-state index in [1.54, 1.807) is 7.11 Å². The van der Waals surface area contributed by atoms with Crippen molar-refractivity contribution in [3.8, 4) is 11.5 Å². The van der Waals surface area contributed by atoms with Gasteiger partial charge < -0.3 is 19.7 Å². The first-order valence-electron chi connectivity index (χ1n) is 10.4. The standard InChI is InChI=1S/C22H30FN3O2/c1-24-22-16-6-3-4-7-18(16)25-19-13-21(20(27-2)12-17(19)22)28-11-5-9-26-10-8-15(23)14-26/h12-13,15H,3-11,14H2,1-2H3,(H,24,25)/t15-/m1/s1. The van der Waals surface area contributed by atoms with Crippen molar-refractivity contribution in [1.82, 2.24) is 9.88 Å². The predicted octanol–water partition coefficient (Wildman–Crippen LogP) is 3.98. The molecule has 28 heavy (non-hydrogen) atoms. The van der Waals surface area contributed by atoms with Crippen molar-refractivity contribution >= 4 is 16.6 Å². The molecule has 4 rings (SSSR count). The number of alkyl halides is 1. The maximum atomic E-state index is 13.3. The van der Waals surface area contributed by atoms with Gasteiger partial charge in [-0.2, -0.15) is 0 Å². The summed E-state index contributed by atoms with van der Waals surface area (Å²) in [7, 11) is 3.64. The molecule has 2 aromatic rings. The lowest BCUT2D eigenvalue weighted by atomic mass is 9.92. The summed E-state index contributed by atoms with van der Waals surface area (Å²) >= 11 is 0. The van der Waals surface area contributed by atoms with Crippen LogP contribution in [0.1, 0.15) is 36.9 Å². The minimum Gasteiger partial charge on any atom is -0.493 e. The van der Waals surface area contributed by atoms with Crippen molar-refractivity contribution in [2.24, 2.45) is 0 Å². The Balaban J connectivity index is 1.53. The summed E-state index contributed by atoms with van der Waals surface area (Å²) in [4.78, 5) is 7.10. The number of nitrogens with zero attached hydrogens (tertiary/aromatic N) is 2. The second-order valence-corrected chi connectivity index (χ2v) is 7.78. The molecule has 1 N–H and O–H groups in total. The third-order valence-corrected chi connectivity index (χ3v) is 5.89. The van der Waals surface area contributed by atoms with Crippen LogP contribution >= 0.6 is 0 Å². The van der Waals surface area contributed by atoms with E-state index in [0.29, 0.717) is 19.6 Å². The van der Waals surface area contributed by atoms with E-state index in [9.17, 15) is 4.39 Å². The first kappa shape index (κ1) is 19.2. The van der Waals surface area contributed by atoms with E-state index in [1.807, 2.05) is 19.2 Å². The highest BCUT2D eigenvalue weighted by molar-refractivity contribution is 5.95. The third-order valence-electron chi connectivity index (χ3n) is 5.89. The molecule has 0 radical (unpaired) electrons. The first-order valence-corrected chi connectivity index (χ1v) is 10.4. The van der Waals surface area contributed by atoms with Gasteiger partial charge in [0.05, 0.1) is 19.2 Å². The molecule has 152 valence electrons. The summed E-state index contributed by atoms with van der Waals surface area (Å²) in [6.45, 7) is 2.86. The minimum atomic E-state index is -0.667. The Morgan fingerprint density at radius 3 is 2.86 bits per heavy atom. The summed E-state index contributed by atoms with van der Waals surface area (Å²) in [5, 5.41) is 4.47. The lowest BCUT2D eigenvalue weighted by Gasteiger charge is -2.21. The largest absolute Gasteiger partial charge is 0.493 e. The number of hydrogen-bond acceptors (Lipinski definition) is 5. The first-order chi connectivity index (χ1) is 13.7. The molecule has 1 fully saturated rings. The second-order valence-electron chi connectivity index (χ2n) is 7.78. The molecule has 0 saturated carbocycles. The molecule has 1 aliphatic heterocycles. The van der Waals surface area contributed by atoms with E-state index in [4.69, 9.17) is 14.5 Å². The van der Waals surface area contributed by atoms with Crippen LogP contribution in [0.5, 0.6) is 11.5 Å². The van der Waals surface area contributed by atoms with Crippen LogP contribution in [-0.2, 0) is 12.8 Å². The topological polar surface area (TPSA) is 46.6 Å². The zero-order valence-corrected chi connectivity index (χ0v) is 16.9. The van der Waals surface area contributed by atoms with E-state index in [0.717, 1.165) is 54.8 Å². The van der Waals surface area contributed by atoms with Gasteiger partial charge in [-0.3, -0.25) is 4.98 Å². The maximum absolute atomic E-state index is 13.3. The average molecular weight is 387 g/mol. The van der Waals surface area contributed by atoms with Crippen LogP contribution in [0, 0.1) is 0 Å². The average Bonchev–Trinajstić information content (AvgIpc) is 3.13. The van der Waals surface area contributed by atoms with Crippen LogP contribution in [0.4, 0.5) is 10.1 Å². The minimum absolute atomic E-state index is 0.557. The predicted molar refractivity (Wildman–Crippen MR) is 111 cm³/mol. The highest BCUT2D eigenvalue weighted by atomic mass is 19.1. The number of hydrogen-bond donors (Lipinski definition) is 1. The molecular formula is C22H30FN3O2. The van der Waals surface area contributed by atoms with Crippen LogP contribution in [-0.4, -0.2) is 56.5 Å². The Kier molecular flexibility index (Phi) is 5.85. The van der Waals surface area contributed by atoms with Gasteiger partial charge in [0, 0.05) is 49.5 Å². The summed E-state index contributed by atoms with van der Waals surface area (Å²) in [5.74, 6) is 1.46. The molecule has 1 saturated heterocycles. The number of aryl methyl sites for hydroxylation is 1. The van der Waals surface area contributed by atoms with Crippen molar-refractivity contribution in [1.29, 1.82) is 0 Å². The highest BCUT2D eigenvalue weighted by Crippen LogP contribution is 2.39. The summed E-state index contributed by atoms with van der Waals surface area (Å²) in [6, 6.07) is 4.03. The van der Waals surface area contributed by atoms with Crippen molar-refractivity contribution in [3.05, 3.63) is 23.4 Å². The monoisotopic (exact) mass is 387 g/mol. The van der Waals surface area contributed by atoms with Crippen LogP contribution in [0.3, 0.4) is 0 Å². The second kappa shape index (κ2) is 8.52. The molecule has 5 nitrogen and oxygen atoms in total. The normalized spacial score (nSPS) is 19.6. The van der Waals surface area contributed by atoms with Gasteiger partial charge >= 0.3 is 0 Å². The van der Waals surface area contributed by atoms with E-state index in [1.165, 1.54) is 29.8 Å². The van der Waals surface area contributed by atoms with Crippen molar-refractivity contribution < 1.29 is 13.9 Å². The molecule has 0 bridgehead atoms. The number of halogens is 1. The fraction of sp³-hybridized carbons (Fsp3) is 0.591. The summed E-state index contributed by atoms with van der Waals surface area (Å²) in [6.07, 6.45) is 5.38. The molecular weight excluding hydrogens is 357 g/mol. The maximum Gasteiger partial charge on any atom is 0.163 e. The molecule has 0 amide bonds. The highest BCUT2D eigenvalue weighted by Gasteiger charge is 2.21. The molecule has 1 aromatic heterocycles. The molecule has 0 unspecified atom stereocenters. The molecule has 2 heterocycles. The fourth-order valence-electron chi connectivity index (χ4n) is 4.45. The summed E-state index contributed by atoms with van der Waals surface area (Å²) < 4.78 is 24.9. The van der Waals surface area contributed by atoms with Crippen LogP contribution in [0.15, 0.2) is 12.1 Å². The van der Waals surface area contributed by atoms with Gasteiger partial charge in [-0.15, -0.1) is 0 Å². The molecule has 1 aliphatic carbocycles. The molecule has 0 spiro atoms. The molecule has 6 heteroatoms. The molecule has 1 atom stereocenters. The van der Waals surface area contributed by atoms with Crippen molar-refractivity contribution in [3.63, 3.8) is 0 Å². The van der Waals surface area contributed by atoms with Gasteiger partial charge in [0.1, 0.15) is 6.17 Å². The third kappa shape index (κ3) is 3.88. The number of fused-ring (bicyclic) bond motifs is 2. The Labute approximate surface area is 166 Å². The fourth-order valence-corrected chi connectivity index (χ4v) is 4.45. The Morgan fingerprint density at radius 2 is 2.11 bits per heavy atom. The number of aromatic nitrogens is 1. The van der Waals surface area contributed by atoms with Gasteiger partial charge in [0.25, 0.3) is 0 Å². The molecule has 2 aliphatic rings. The molecule has 1 aromatic carbocycles. The van der Waals surface area contributed by atoms with E-state index >= 15 is 0 Å². The van der Waals surface area contributed by atoms with Gasteiger partial charge in [0.15, 0.2) is 11.5 Å². The van der Waals surface area contributed by atoms with Gasteiger partial charge in [0.2, 0.25) is 0 Å². The lowest BCUT2D eigenvalue weighted by molar-refractivity contribution is 0.243. The number of anilines is 1. The number of pyridine rings is 1. The zero-order valence-electron chi connectivity index (χ0n) is 16.9. The van der Waals surface area contributed by atoms with Crippen molar-refractivity contribution in [2.75, 3.05) is 45.7 Å². The number of likely N-dealkylation sites (tertiary alicyclic amines) is 1. The Bertz CT molecular complexity index is 842. The van der Waals surface area contributed by atoms with Gasteiger partial charge in [-0.05, 0) is 50.2 Å². The number of ether oxygens (including phenoxy) is 2. The van der Waals surface area contributed by atoms with Gasteiger partial charge in [-0.25, -0.2) is 4.39 Å². The zero-order chi connectivity index (χ0) is 19.5. The SMILES string of the molecule is CNc1c2c(nc3cc(OCCCN4CC[C@@H](F)C4)c(OC)cc13)CCCC2. The van der Waals surface area contributed by atoms with Crippen LogP contribution in [0.25, 0.3) is 10.9 Å². The Hall–Kier alpha value is -2.08. The smallest absolute Gasteiger partial charge is 0.163 e. The summed E-state index contributed by atoms with van der Waals surface area (Å²) in [5.41, 5.74) is 4.66. The number of rotatable bonds is 7. The lowest BCUT2D eigenvalue weighted by Crippen LogP contribution is -2.23. The number of nitrogens with one attached hydrogen (secondary N) is 1.